The van der Waals surface area contributed by atoms with E-state index in [1.165, 1.54) is 12.8 Å². The van der Waals surface area contributed by atoms with Gasteiger partial charge in [0.1, 0.15) is 6.10 Å². The molecule has 0 aromatic rings. The van der Waals surface area contributed by atoms with Gasteiger partial charge in [-0.1, -0.05) is 20.8 Å². The van der Waals surface area contributed by atoms with Crippen LogP contribution < -0.4 is 0 Å². The summed E-state index contributed by atoms with van der Waals surface area (Å²) in [6, 6.07) is 0. The molecule has 0 saturated carbocycles. The molecule has 2 atom stereocenters. The van der Waals surface area contributed by atoms with Gasteiger partial charge in [0.25, 0.3) is 0 Å². The Kier molecular flexibility index (Phi) is 7.85. The van der Waals surface area contributed by atoms with E-state index in [0.717, 1.165) is 51.9 Å². The largest absolute Gasteiger partial charge is 0.449 e. The van der Waals surface area contributed by atoms with E-state index in [1.54, 1.807) is 9.80 Å². The fourth-order valence-electron chi connectivity index (χ4n) is 3.64. The lowest BCUT2D eigenvalue weighted by atomic mass is 9.95. The summed E-state index contributed by atoms with van der Waals surface area (Å²) < 4.78 is 11.3. The maximum absolute atomic E-state index is 12.4. The number of hydrogen-bond acceptors (Lipinski definition) is 4. The molecule has 0 radical (unpaired) electrons. The second-order valence-corrected chi connectivity index (χ2v) is 7.74. The first-order valence-corrected chi connectivity index (χ1v) is 9.86. The molecule has 25 heavy (non-hydrogen) atoms. The van der Waals surface area contributed by atoms with Crippen molar-refractivity contribution in [1.29, 1.82) is 0 Å². The molecule has 2 aliphatic rings. The van der Waals surface area contributed by atoms with Crippen molar-refractivity contribution in [3.63, 3.8) is 0 Å². The van der Waals surface area contributed by atoms with Crippen molar-refractivity contribution in [3.8, 4) is 0 Å². The van der Waals surface area contributed by atoms with Crippen LogP contribution in [0.1, 0.15) is 59.3 Å². The maximum Gasteiger partial charge on any atom is 0.410 e. The predicted octanol–water partition coefficient (Wildman–Crippen LogP) is 3.89. The average molecular weight is 354 g/mol. The number of carbonyl (C=O) groups is 2. The van der Waals surface area contributed by atoms with Gasteiger partial charge in [0, 0.05) is 32.1 Å². The number of rotatable bonds is 5. The molecular weight excluding hydrogens is 320 g/mol. The van der Waals surface area contributed by atoms with Gasteiger partial charge in [0.15, 0.2) is 0 Å². The van der Waals surface area contributed by atoms with E-state index in [0.29, 0.717) is 0 Å². The highest BCUT2D eigenvalue weighted by atomic mass is 16.6. The zero-order chi connectivity index (χ0) is 18.2. The van der Waals surface area contributed by atoms with E-state index in [9.17, 15) is 9.59 Å². The summed E-state index contributed by atoms with van der Waals surface area (Å²) in [7, 11) is 0. The molecule has 6 heteroatoms. The Morgan fingerprint density at radius 2 is 1.28 bits per heavy atom. The Labute approximate surface area is 151 Å². The lowest BCUT2D eigenvalue weighted by Crippen LogP contribution is -2.42. The van der Waals surface area contributed by atoms with Gasteiger partial charge < -0.3 is 19.3 Å². The fraction of sp³-hybridized carbons (Fsp3) is 0.895. The second-order valence-electron chi connectivity index (χ2n) is 7.74. The minimum Gasteiger partial charge on any atom is -0.449 e. The van der Waals surface area contributed by atoms with E-state index in [4.69, 9.17) is 9.47 Å². The highest BCUT2D eigenvalue weighted by Gasteiger charge is 2.29. The van der Waals surface area contributed by atoms with Crippen LogP contribution in [0.3, 0.4) is 0 Å². The average Bonchev–Trinajstić information content (AvgIpc) is 2.64. The zero-order valence-electron chi connectivity index (χ0n) is 16.0. The summed E-state index contributed by atoms with van der Waals surface area (Å²) in [5, 5.41) is 0. The van der Waals surface area contributed by atoms with Crippen LogP contribution in [-0.4, -0.2) is 60.9 Å². The van der Waals surface area contributed by atoms with E-state index in [2.05, 4.69) is 0 Å². The molecule has 0 N–H and O–H groups in total. The molecule has 0 bridgehead atoms. The number of likely N-dealkylation sites (tertiary alicyclic amines) is 2. The molecule has 0 spiro atoms. The van der Waals surface area contributed by atoms with E-state index in [1.807, 2.05) is 20.8 Å². The molecule has 2 rings (SSSR count). The van der Waals surface area contributed by atoms with E-state index < -0.39 is 0 Å². The Bertz CT molecular complexity index is 429. The molecule has 2 heterocycles. The number of hydrogen-bond donors (Lipinski definition) is 0. The van der Waals surface area contributed by atoms with Gasteiger partial charge in [0.05, 0.1) is 6.61 Å². The van der Waals surface area contributed by atoms with Gasteiger partial charge >= 0.3 is 12.2 Å². The Hall–Kier alpha value is -1.46. The Balaban J connectivity index is 1.81. The molecule has 2 fully saturated rings. The SMILES string of the molecule is CC(C)[C@@H](OC(=O)N1CCCCC1)[C@H](C)COC(=O)N1CCCCC1. The third kappa shape index (κ3) is 6.08. The number of ether oxygens (including phenoxy) is 2. The van der Waals surface area contributed by atoms with Crippen LogP contribution in [-0.2, 0) is 9.47 Å². The van der Waals surface area contributed by atoms with E-state index in [-0.39, 0.29) is 36.7 Å². The van der Waals surface area contributed by atoms with Crippen molar-refractivity contribution < 1.29 is 19.1 Å². The van der Waals surface area contributed by atoms with Gasteiger partial charge in [-0.25, -0.2) is 9.59 Å². The Morgan fingerprint density at radius 3 is 1.76 bits per heavy atom. The smallest absolute Gasteiger partial charge is 0.410 e. The summed E-state index contributed by atoms with van der Waals surface area (Å²) >= 11 is 0. The number of piperidine rings is 2. The van der Waals surface area contributed by atoms with Crippen molar-refractivity contribution >= 4 is 12.2 Å². The minimum absolute atomic E-state index is 0.0255. The van der Waals surface area contributed by atoms with Crippen molar-refractivity contribution in [2.75, 3.05) is 32.8 Å². The third-order valence-corrected chi connectivity index (χ3v) is 5.15. The third-order valence-electron chi connectivity index (χ3n) is 5.15. The van der Waals surface area contributed by atoms with Crippen LogP contribution in [0.5, 0.6) is 0 Å². The molecule has 0 aromatic carbocycles. The standard InChI is InChI=1S/C19H34N2O4/c1-15(2)17(25-19(23)21-12-8-5-9-13-21)16(3)14-24-18(22)20-10-6-4-7-11-20/h15-17H,4-14H2,1-3H3/t16-,17-/m1/s1. The zero-order valence-corrected chi connectivity index (χ0v) is 16.0. The van der Waals surface area contributed by atoms with Crippen molar-refractivity contribution in [2.24, 2.45) is 11.8 Å². The van der Waals surface area contributed by atoms with Crippen molar-refractivity contribution in [1.82, 2.24) is 9.80 Å². The topological polar surface area (TPSA) is 59.1 Å². The maximum atomic E-state index is 12.4. The second kappa shape index (κ2) is 9.88. The first-order chi connectivity index (χ1) is 12.0. The lowest BCUT2D eigenvalue weighted by molar-refractivity contribution is -0.00932. The molecule has 0 aromatic heterocycles. The van der Waals surface area contributed by atoms with Gasteiger partial charge in [-0.2, -0.15) is 0 Å². The molecule has 0 unspecified atom stereocenters. The first kappa shape index (κ1) is 19.9. The quantitative estimate of drug-likeness (QED) is 0.751. The van der Waals surface area contributed by atoms with Crippen LogP contribution in [0.4, 0.5) is 9.59 Å². The number of carbonyl (C=O) groups excluding carboxylic acids is 2. The van der Waals surface area contributed by atoms with Crippen LogP contribution in [0.25, 0.3) is 0 Å². The van der Waals surface area contributed by atoms with Crippen LogP contribution in [0.2, 0.25) is 0 Å². The van der Waals surface area contributed by atoms with Gasteiger partial charge in [0.2, 0.25) is 0 Å². The normalized spacial score (nSPS) is 21.0. The monoisotopic (exact) mass is 354 g/mol. The summed E-state index contributed by atoms with van der Waals surface area (Å²) in [6.45, 7) is 9.47. The summed E-state index contributed by atoms with van der Waals surface area (Å²) in [5.41, 5.74) is 0. The Morgan fingerprint density at radius 1 is 0.800 bits per heavy atom. The molecule has 6 nitrogen and oxygen atoms in total. The van der Waals surface area contributed by atoms with Gasteiger partial charge in [-0.3, -0.25) is 0 Å². The van der Waals surface area contributed by atoms with Crippen LogP contribution in [0.15, 0.2) is 0 Å². The summed E-state index contributed by atoms with van der Waals surface area (Å²) in [5.74, 6) is 0.153. The van der Waals surface area contributed by atoms with Crippen molar-refractivity contribution in [2.45, 2.75) is 65.4 Å². The molecule has 144 valence electrons. The van der Waals surface area contributed by atoms with E-state index >= 15 is 0 Å². The van der Waals surface area contributed by atoms with Crippen LogP contribution >= 0.6 is 0 Å². The number of amides is 2. The highest BCUT2D eigenvalue weighted by Crippen LogP contribution is 2.20. The summed E-state index contributed by atoms with van der Waals surface area (Å²) in [4.78, 5) is 28.1. The van der Waals surface area contributed by atoms with Crippen LogP contribution in [0, 0.1) is 11.8 Å². The molecule has 0 aliphatic carbocycles. The highest BCUT2D eigenvalue weighted by molar-refractivity contribution is 5.68. The predicted molar refractivity (Wildman–Crippen MR) is 96.5 cm³/mol. The molecular formula is C19H34N2O4. The van der Waals surface area contributed by atoms with Gasteiger partial charge in [-0.05, 0) is 44.4 Å². The molecule has 2 amide bonds. The minimum atomic E-state index is -0.247. The first-order valence-electron chi connectivity index (χ1n) is 9.86. The fourth-order valence-corrected chi connectivity index (χ4v) is 3.64. The lowest BCUT2D eigenvalue weighted by Gasteiger charge is -2.32. The molecule has 2 saturated heterocycles. The summed E-state index contributed by atoms with van der Waals surface area (Å²) in [6.07, 6.45) is 5.84. The van der Waals surface area contributed by atoms with Gasteiger partial charge in [-0.15, -0.1) is 0 Å². The number of nitrogens with zero attached hydrogens (tertiary/aromatic N) is 2. The van der Waals surface area contributed by atoms with Crippen molar-refractivity contribution in [3.05, 3.63) is 0 Å². The molecule has 2 aliphatic heterocycles.